The molecule has 1 unspecified atom stereocenters. The molecular formula is C14H31N3. The van der Waals surface area contributed by atoms with Crippen LogP contribution in [0.1, 0.15) is 54.4 Å². The molecule has 0 saturated carbocycles. The summed E-state index contributed by atoms with van der Waals surface area (Å²) in [6, 6.07) is 0.558. The van der Waals surface area contributed by atoms with Crippen LogP contribution >= 0.6 is 0 Å². The summed E-state index contributed by atoms with van der Waals surface area (Å²) in [5.74, 6) is 0.295. The van der Waals surface area contributed by atoms with Crippen molar-refractivity contribution in [2.45, 2.75) is 60.4 Å². The Labute approximate surface area is 107 Å². The zero-order valence-electron chi connectivity index (χ0n) is 12.7. The predicted octanol–water partition coefficient (Wildman–Crippen LogP) is 3.10. The number of nitrogens with zero attached hydrogens (tertiary/aromatic N) is 1. The van der Waals surface area contributed by atoms with E-state index in [-0.39, 0.29) is 5.41 Å². The maximum Gasteiger partial charge on any atom is 0.0963 e. The maximum absolute atomic E-state index is 7.53. The van der Waals surface area contributed by atoms with Gasteiger partial charge in [-0.1, -0.05) is 34.6 Å². The summed E-state index contributed by atoms with van der Waals surface area (Å²) in [6.45, 7) is 14.2. The van der Waals surface area contributed by atoms with Crippen molar-refractivity contribution in [1.29, 1.82) is 5.41 Å². The van der Waals surface area contributed by atoms with Crippen LogP contribution in [0.5, 0.6) is 0 Å². The quantitative estimate of drug-likeness (QED) is 0.554. The normalized spacial score (nSPS) is 15.1. The molecular weight excluding hydrogens is 210 g/mol. The minimum Gasteiger partial charge on any atom is -0.387 e. The molecule has 0 aliphatic carbocycles. The van der Waals surface area contributed by atoms with E-state index in [9.17, 15) is 0 Å². The van der Waals surface area contributed by atoms with E-state index < -0.39 is 0 Å². The second-order valence-corrected chi connectivity index (χ2v) is 6.92. The fourth-order valence-corrected chi connectivity index (χ4v) is 1.76. The fourth-order valence-electron chi connectivity index (χ4n) is 1.76. The first-order valence-electron chi connectivity index (χ1n) is 6.53. The average Bonchev–Trinajstić information content (AvgIpc) is 2.14. The van der Waals surface area contributed by atoms with E-state index in [0.29, 0.717) is 17.3 Å². The molecule has 0 amide bonds. The van der Waals surface area contributed by atoms with Gasteiger partial charge in [-0.05, 0) is 38.8 Å². The molecule has 0 aliphatic rings. The Kier molecular flexibility index (Phi) is 5.66. The second-order valence-electron chi connectivity index (χ2n) is 6.92. The van der Waals surface area contributed by atoms with E-state index in [1.165, 1.54) is 0 Å². The van der Waals surface area contributed by atoms with Crippen LogP contribution in [0.4, 0.5) is 0 Å². The molecule has 1 atom stereocenters. The first kappa shape index (κ1) is 16.4. The molecule has 17 heavy (non-hydrogen) atoms. The molecule has 102 valence electrons. The summed E-state index contributed by atoms with van der Waals surface area (Å²) < 4.78 is 0. The minimum atomic E-state index is -0.161. The van der Waals surface area contributed by atoms with Gasteiger partial charge in [0.25, 0.3) is 0 Å². The molecule has 3 nitrogen and oxygen atoms in total. The van der Waals surface area contributed by atoms with Gasteiger partial charge >= 0.3 is 0 Å². The summed E-state index contributed by atoms with van der Waals surface area (Å²) in [4.78, 5) is 2.40. The van der Waals surface area contributed by atoms with Gasteiger partial charge in [-0.25, -0.2) is 0 Å². The number of nitrogens with two attached hydrogens (primary N) is 1. The molecule has 0 radical (unpaired) electrons. The third-order valence-electron chi connectivity index (χ3n) is 3.96. The lowest BCUT2D eigenvalue weighted by Crippen LogP contribution is -2.40. The Balaban J connectivity index is 4.11. The highest BCUT2D eigenvalue weighted by Crippen LogP contribution is 2.25. The van der Waals surface area contributed by atoms with Crippen molar-refractivity contribution in [3.63, 3.8) is 0 Å². The fraction of sp³-hybridized carbons (Fsp3) is 0.929. The van der Waals surface area contributed by atoms with Crippen LogP contribution in [0.25, 0.3) is 0 Å². The van der Waals surface area contributed by atoms with E-state index in [1.54, 1.807) is 0 Å². The highest BCUT2D eigenvalue weighted by molar-refractivity contribution is 5.82. The molecule has 3 heteroatoms. The van der Waals surface area contributed by atoms with Crippen LogP contribution < -0.4 is 5.73 Å². The van der Waals surface area contributed by atoms with E-state index in [0.717, 1.165) is 19.4 Å². The van der Waals surface area contributed by atoms with Crippen molar-refractivity contribution < 1.29 is 0 Å². The predicted molar refractivity (Wildman–Crippen MR) is 76.5 cm³/mol. The lowest BCUT2D eigenvalue weighted by atomic mass is 9.85. The number of hydrogen-bond acceptors (Lipinski definition) is 2. The van der Waals surface area contributed by atoms with E-state index >= 15 is 0 Å². The van der Waals surface area contributed by atoms with Crippen LogP contribution in [0.3, 0.4) is 0 Å². The van der Waals surface area contributed by atoms with Gasteiger partial charge in [-0.15, -0.1) is 0 Å². The van der Waals surface area contributed by atoms with E-state index in [1.807, 2.05) is 13.8 Å². The summed E-state index contributed by atoms with van der Waals surface area (Å²) in [7, 11) is 2.18. The summed E-state index contributed by atoms with van der Waals surface area (Å²) in [6.07, 6.45) is 2.06. The third kappa shape index (κ3) is 5.53. The van der Waals surface area contributed by atoms with E-state index in [2.05, 4.69) is 39.6 Å². The van der Waals surface area contributed by atoms with Gasteiger partial charge in [-0.3, -0.25) is 5.41 Å². The van der Waals surface area contributed by atoms with Gasteiger partial charge in [0.15, 0.2) is 0 Å². The number of hydrogen-bond donors (Lipinski definition) is 2. The van der Waals surface area contributed by atoms with Crippen LogP contribution in [-0.2, 0) is 0 Å². The first-order chi connectivity index (χ1) is 7.48. The molecule has 0 bridgehead atoms. The molecule has 0 rings (SSSR count). The molecule has 0 fully saturated rings. The standard InChI is InChI=1S/C14H31N3/c1-11(13(2,3)4)17(7)10-8-9-14(5,6)12(15)16/h11H,8-10H2,1-7H3,(H3,15,16). The van der Waals surface area contributed by atoms with Gasteiger partial charge < -0.3 is 10.6 Å². The Bertz CT molecular complexity index is 251. The average molecular weight is 241 g/mol. The molecule has 0 aliphatic heterocycles. The Hall–Kier alpha value is -0.570. The molecule has 0 aromatic rings. The highest BCUT2D eigenvalue weighted by atomic mass is 15.1. The van der Waals surface area contributed by atoms with Crippen LogP contribution in [0, 0.1) is 16.2 Å². The molecule has 0 aromatic heterocycles. The van der Waals surface area contributed by atoms with Gasteiger partial charge in [0.1, 0.15) is 0 Å². The Morgan fingerprint density at radius 3 is 2.06 bits per heavy atom. The first-order valence-corrected chi connectivity index (χ1v) is 6.53. The van der Waals surface area contributed by atoms with Crippen molar-refractivity contribution >= 4 is 5.84 Å². The van der Waals surface area contributed by atoms with Crippen molar-refractivity contribution in [2.24, 2.45) is 16.6 Å². The highest BCUT2D eigenvalue weighted by Gasteiger charge is 2.25. The number of amidine groups is 1. The summed E-state index contributed by atoms with van der Waals surface area (Å²) >= 11 is 0. The van der Waals surface area contributed by atoms with Crippen molar-refractivity contribution in [1.82, 2.24) is 4.90 Å². The molecule has 0 saturated heterocycles. The van der Waals surface area contributed by atoms with Crippen LogP contribution in [-0.4, -0.2) is 30.4 Å². The van der Waals surface area contributed by atoms with Gasteiger partial charge in [0, 0.05) is 11.5 Å². The lowest BCUT2D eigenvalue weighted by Gasteiger charge is -2.36. The SMILES string of the molecule is CC(N(C)CCCC(C)(C)C(=N)N)C(C)(C)C. The number of nitrogens with one attached hydrogen (secondary N) is 1. The topological polar surface area (TPSA) is 53.1 Å². The van der Waals surface area contributed by atoms with Crippen LogP contribution in [0.15, 0.2) is 0 Å². The van der Waals surface area contributed by atoms with Gasteiger partial charge in [-0.2, -0.15) is 0 Å². The molecule has 0 heterocycles. The minimum absolute atomic E-state index is 0.161. The van der Waals surface area contributed by atoms with Crippen LogP contribution in [0.2, 0.25) is 0 Å². The largest absolute Gasteiger partial charge is 0.387 e. The number of rotatable bonds is 6. The molecule has 3 N–H and O–H groups in total. The molecule has 0 aromatic carbocycles. The smallest absolute Gasteiger partial charge is 0.0963 e. The maximum atomic E-state index is 7.53. The monoisotopic (exact) mass is 241 g/mol. The van der Waals surface area contributed by atoms with Gasteiger partial charge in [0.2, 0.25) is 0 Å². The van der Waals surface area contributed by atoms with E-state index in [4.69, 9.17) is 11.1 Å². The summed E-state index contributed by atoms with van der Waals surface area (Å²) in [5, 5.41) is 7.53. The molecule has 0 spiro atoms. The summed E-state index contributed by atoms with van der Waals surface area (Å²) in [5.41, 5.74) is 5.74. The third-order valence-corrected chi connectivity index (χ3v) is 3.96. The zero-order valence-corrected chi connectivity index (χ0v) is 12.7. The zero-order chi connectivity index (χ0) is 13.9. The van der Waals surface area contributed by atoms with Crippen molar-refractivity contribution in [2.75, 3.05) is 13.6 Å². The lowest BCUT2D eigenvalue weighted by molar-refractivity contribution is 0.136. The second kappa shape index (κ2) is 5.85. The van der Waals surface area contributed by atoms with Gasteiger partial charge in [0.05, 0.1) is 5.84 Å². The van der Waals surface area contributed by atoms with Crippen molar-refractivity contribution in [3.8, 4) is 0 Å². The Morgan fingerprint density at radius 1 is 1.24 bits per heavy atom. The van der Waals surface area contributed by atoms with Crippen molar-refractivity contribution in [3.05, 3.63) is 0 Å². The Morgan fingerprint density at radius 2 is 1.71 bits per heavy atom.